The van der Waals surface area contributed by atoms with Gasteiger partial charge in [0.2, 0.25) is 11.5 Å². The van der Waals surface area contributed by atoms with Gasteiger partial charge in [0, 0.05) is 25.4 Å². The van der Waals surface area contributed by atoms with Gasteiger partial charge in [-0.3, -0.25) is 9.59 Å². The summed E-state index contributed by atoms with van der Waals surface area (Å²) in [6, 6.07) is 5.09. The summed E-state index contributed by atoms with van der Waals surface area (Å²) in [4.78, 5) is 22.1. The third-order valence-corrected chi connectivity index (χ3v) is 2.41. The number of amides is 1. The summed E-state index contributed by atoms with van der Waals surface area (Å²) >= 11 is 5.32. The fraction of sp³-hybridized carbons (Fsp3) is 0.455. The van der Waals surface area contributed by atoms with Crippen LogP contribution in [0.15, 0.2) is 29.2 Å². The average molecular weight is 243 g/mol. The van der Waals surface area contributed by atoms with E-state index in [4.69, 9.17) is 11.6 Å². The highest BCUT2D eigenvalue weighted by Crippen LogP contribution is 1.92. The van der Waals surface area contributed by atoms with Crippen molar-refractivity contribution in [3.05, 3.63) is 34.7 Å². The van der Waals surface area contributed by atoms with Crippen molar-refractivity contribution in [2.75, 3.05) is 12.4 Å². The van der Waals surface area contributed by atoms with Gasteiger partial charge in [-0.1, -0.05) is 6.07 Å². The first-order valence-corrected chi connectivity index (χ1v) is 5.75. The maximum atomic E-state index is 11.3. The molecule has 1 aromatic heterocycles. The predicted molar refractivity (Wildman–Crippen MR) is 63.7 cm³/mol. The summed E-state index contributed by atoms with van der Waals surface area (Å²) in [6.07, 6.45) is 3.45. The third-order valence-electron chi connectivity index (χ3n) is 2.17. The van der Waals surface area contributed by atoms with E-state index in [1.54, 1.807) is 16.8 Å². The largest absolute Gasteiger partial charge is 0.355 e. The minimum atomic E-state index is -0.154. The topological polar surface area (TPSA) is 51.1 Å². The average Bonchev–Trinajstić information content (AvgIpc) is 2.30. The highest BCUT2D eigenvalue weighted by Gasteiger charge is 1.97. The molecule has 5 heteroatoms. The van der Waals surface area contributed by atoms with E-state index in [0.717, 1.165) is 12.8 Å². The van der Waals surface area contributed by atoms with Crippen LogP contribution in [0.1, 0.15) is 12.8 Å². The van der Waals surface area contributed by atoms with Gasteiger partial charge < -0.3 is 9.88 Å². The Hall–Kier alpha value is -1.29. The molecule has 1 N–H and O–H groups in total. The van der Waals surface area contributed by atoms with Gasteiger partial charge in [-0.15, -0.1) is 11.6 Å². The number of carbonyl (C=O) groups excluding carboxylic acids is 1. The number of aryl methyl sites for hydroxylation is 1. The van der Waals surface area contributed by atoms with Crippen LogP contribution in [-0.4, -0.2) is 22.9 Å². The Kier molecular flexibility index (Phi) is 5.64. The SMILES string of the molecule is O=C(CCl)NCCCCn1ccccc1=O. The number of nitrogens with zero attached hydrogens (tertiary/aromatic N) is 1. The van der Waals surface area contributed by atoms with Crippen molar-refractivity contribution in [1.29, 1.82) is 0 Å². The normalized spacial score (nSPS) is 10.1. The van der Waals surface area contributed by atoms with Gasteiger partial charge in [-0.05, 0) is 18.9 Å². The molecule has 0 radical (unpaired) electrons. The Bertz CT molecular complexity index is 390. The van der Waals surface area contributed by atoms with Gasteiger partial charge in [0.15, 0.2) is 0 Å². The summed E-state index contributed by atoms with van der Waals surface area (Å²) in [5, 5.41) is 2.67. The van der Waals surface area contributed by atoms with E-state index in [-0.39, 0.29) is 17.3 Å². The summed E-state index contributed by atoms with van der Waals surface area (Å²) in [5.41, 5.74) is 0.00675. The minimum absolute atomic E-state index is 0.00184. The molecular formula is C11H15ClN2O2. The zero-order valence-electron chi connectivity index (χ0n) is 8.99. The van der Waals surface area contributed by atoms with Crippen LogP contribution >= 0.6 is 11.6 Å². The maximum Gasteiger partial charge on any atom is 0.250 e. The number of nitrogens with one attached hydrogen (secondary N) is 1. The summed E-state index contributed by atoms with van der Waals surface area (Å²) < 4.78 is 1.66. The fourth-order valence-electron chi connectivity index (χ4n) is 1.33. The van der Waals surface area contributed by atoms with Crippen molar-refractivity contribution < 1.29 is 4.79 Å². The van der Waals surface area contributed by atoms with Crippen LogP contribution < -0.4 is 10.9 Å². The number of alkyl halides is 1. The Balaban J connectivity index is 2.19. The van der Waals surface area contributed by atoms with E-state index < -0.39 is 0 Å². The summed E-state index contributed by atoms with van der Waals surface area (Å²) in [7, 11) is 0. The van der Waals surface area contributed by atoms with Gasteiger partial charge in [-0.2, -0.15) is 0 Å². The molecule has 0 atom stereocenters. The van der Waals surface area contributed by atoms with E-state index in [0.29, 0.717) is 13.1 Å². The second-order valence-electron chi connectivity index (χ2n) is 3.42. The van der Waals surface area contributed by atoms with Gasteiger partial charge in [-0.25, -0.2) is 0 Å². The fourth-order valence-corrected chi connectivity index (χ4v) is 1.42. The molecule has 0 unspecified atom stereocenters. The van der Waals surface area contributed by atoms with Crippen LogP contribution in [0.4, 0.5) is 0 Å². The van der Waals surface area contributed by atoms with E-state index >= 15 is 0 Å². The van der Waals surface area contributed by atoms with E-state index in [2.05, 4.69) is 5.32 Å². The van der Waals surface area contributed by atoms with Crippen LogP contribution in [0.3, 0.4) is 0 Å². The number of pyridine rings is 1. The second-order valence-corrected chi connectivity index (χ2v) is 3.69. The lowest BCUT2D eigenvalue weighted by molar-refractivity contribution is -0.118. The molecule has 0 bridgehead atoms. The summed E-state index contributed by atoms with van der Waals surface area (Å²) in [6.45, 7) is 1.28. The highest BCUT2D eigenvalue weighted by atomic mass is 35.5. The van der Waals surface area contributed by atoms with Crippen LogP contribution in [0.5, 0.6) is 0 Å². The van der Waals surface area contributed by atoms with Gasteiger partial charge >= 0.3 is 0 Å². The molecule has 4 nitrogen and oxygen atoms in total. The molecule has 1 rings (SSSR count). The predicted octanol–water partition coefficient (Wildman–Crippen LogP) is 0.984. The van der Waals surface area contributed by atoms with Crippen LogP contribution in [0, 0.1) is 0 Å². The number of aromatic nitrogens is 1. The minimum Gasteiger partial charge on any atom is -0.355 e. The summed E-state index contributed by atoms with van der Waals surface area (Å²) in [5.74, 6) is -0.156. The van der Waals surface area contributed by atoms with Crippen molar-refractivity contribution in [2.24, 2.45) is 0 Å². The highest BCUT2D eigenvalue weighted by molar-refractivity contribution is 6.27. The smallest absolute Gasteiger partial charge is 0.250 e. The molecule has 1 aromatic rings. The Morgan fingerprint density at radius 3 is 2.88 bits per heavy atom. The quantitative estimate of drug-likeness (QED) is 0.597. The zero-order chi connectivity index (χ0) is 11.8. The number of carbonyl (C=O) groups is 1. The molecule has 0 fully saturated rings. The molecule has 1 amide bonds. The Labute approximate surface area is 99.2 Å². The molecule has 0 aliphatic carbocycles. The van der Waals surface area contributed by atoms with E-state index in [1.165, 1.54) is 6.07 Å². The van der Waals surface area contributed by atoms with Crippen molar-refractivity contribution in [3.63, 3.8) is 0 Å². The molecule has 0 saturated heterocycles. The van der Waals surface area contributed by atoms with Gasteiger partial charge in [0.25, 0.3) is 0 Å². The third kappa shape index (κ3) is 4.49. The second kappa shape index (κ2) is 7.06. The monoisotopic (exact) mass is 242 g/mol. The van der Waals surface area contributed by atoms with Crippen molar-refractivity contribution >= 4 is 17.5 Å². The van der Waals surface area contributed by atoms with E-state index in [9.17, 15) is 9.59 Å². The van der Waals surface area contributed by atoms with Crippen LogP contribution in [-0.2, 0) is 11.3 Å². The van der Waals surface area contributed by atoms with Crippen LogP contribution in [0.25, 0.3) is 0 Å². The number of unbranched alkanes of at least 4 members (excludes halogenated alkanes) is 1. The first kappa shape index (κ1) is 12.8. The lowest BCUT2D eigenvalue weighted by atomic mass is 10.3. The van der Waals surface area contributed by atoms with Crippen molar-refractivity contribution in [2.45, 2.75) is 19.4 Å². The van der Waals surface area contributed by atoms with Crippen molar-refractivity contribution in [3.8, 4) is 0 Å². The van der Waals surface area contributed by atoms with Gasteiger partial charge in [0.1, 0.15) is 5.88 Å². The number of rotatable bonds is 6. The van der Waals surface area contributed by atoms with Gasteiger partial charge in [0.05, 0.1) is 0 Å². The molecule has 16 heavy (non-hydrogen) atoms. The molecule has 0 spiro atoms. The first-order chi connectivity index (χ1) is 7.74. The first-order valence-electron chi connectivity index (χ1n) is 5.22. The number of halogens is 1. The Morgan fingerprint density at radius 1 is 1.38 bits per heavy atom. The lowest BCUT2D eigenvalue weighted by Gasteiger charge is -2.05. The number of hydrogen-bond acceptors (Lipinski definition) is 2. The molecule has 0 saturated carbocycles. The number of hydrogen-bond donors (Lipinski definition) is 1. The molecule has 0 aromatic carbocycles. The lowest BCUT2D eigenvalue weighted by Crippen LogP contribution is -2.26. The Morgan fingerprint density at radius 2 is 2.19 bits per heavy atom. The van der Waals surface area contributed by atoms with Crippen molar-refractivity contribution in [1.82, 2.24) is 9.88 Å². The molecule has 88 valence electrons. The van der Waals surface area contributed by atoms with E-state index in [1.807, 2.05) is 6.07 Å². The molecule has 1 heterocycles. The molecular weight excluding hydrogens is 228 g/mol. The standard InChI is InChI=1S/C11H15ClN2O2/c12-9-10(15)13-6-2-4-8-14-7-3-1-5-11(14)16/h1,3,5,7H,2,4,6,8-9H2,(H,13,15). The molecule has 0 aliphatic rings. The maximum absolute atomic E-state index is 11.3. The molecule has 0 aliphatic heterocycles. The zero-order valence-corrected chi connectivity index (χ0v) is 9.74. The van der Waals surface area contributed by atoms with Crippen LogP contribution in [0.2, 0.25) is 0 Å².